The van der Waals surface area contributed by atoms with Crippen LogP contribution in [0.3, 0.4) is 0 Å². The van der Waals surface area contributed by atoms with Gasteiger partial charge < -0.3 is 10.4 Å². The zero-order valence-electron chi connectivity index (χ0n) is 11.4. The molecular formula is C16H15BrFNO2. The molecule has 2 N–H and O–H groups in total. The molecule has 0 bridgehead atoms. The SMILES string of the molecule is C[C@H](NCc1ccc(C(=O)O)cc1Br)c1cccc(F)c1. The van der Waals surface area contributed by atoms with Gasteiger partial charge in [-0.1, -0.05) is 34.1 Å². The summed E-state index contributed by atoms with van der Waals surface area (Å²) in [6.07, 6.45) is 0. The Morgan fingerprint density at radius 2 is 2.10 bits per heavy atom. The van der Waals surface area contributed by atoms with Crippen molar-refractivity contribution < 1.29 is 14.3 Å². The average Bonchev–Trinajstić information content (AvgIpc) is 2.45. The molecule has 0 fully saturated rings. The van der Waals surface area contributed by atoms with Crippen LogP contribution in [0.15, 0.2) is 46.9 Å². The van der Waals surface area contributed by atoms with E-state index < -0.39 is 5.97 Å². The normalized spacial score (nSPS) is 12.1. The summed E-state index contributed by atoms with van der Waals surface area (Å²) in [5.74, 6) is -1.21. The number of hydrogen-bond donors (Lipinski definition) is 2. The molecule has 3 nitrogen and oxygen atoms in total. The third-order valence-corrected chi connectivity index (χ3v) is 3.99. The van der Waals surface area contributed by atoms with Gasteiger partial charge in [0.25, 0.3) is 0 Å². The summed E-state index contributed by atoms with van der Waals surface area (Å²) in [5, 5.41) is 12.2. The van der Waals surface area contributed by atoms with Crippen LogP contribution in [0.25, 0.3) is 0 Å². The molecule has 0 radical (unpaired) electrons. The monoisotopic (exact) mass is 351 g/mol. The third-order valence-electron chi connectivity index (χ3n) is 3.25. The lowest BCUT2D eigenvalue weighted by molar-refractivity contribution is 0.0697. The largest absolute Gasteiger partial charge is 0.478 e. The second-order valence-electron chi connectivity index (χ2n) is 4.77. The number of halogens is 2. The predicted molar refractivity (Wildman–Crippen MR) is 82.8 cm³/mol. The molecule has 1 atom stereocenters. The molecule has 0 heterocycles. The van der Waals surface area contributed by atoms with Crippen LogP contribution in [-0.2, 0) is 6.54 Å². The van der Waals surface area contributed by atoms with Gasteiger partial charge in [-0.3, -0.25) is 0 Å². The van der Waals surface area contributed by atoms with Gasteiger partial charge in [-0.2, -0.15) is 0 Å². The van der Waals surface area contributed by atoms with E-state index >= 15 is 0 Å². The van der Waals surface area contributed by atoms with Gasteiger partial charge in [-0.05, 0) is 42.3 Å². The maximum Gasteiger partial charge on any atom is 0.335 e. The highest BCUT2D eigenvalue weighted by Gasteiger charge is 2.09. The number of carbonyl (C=O) groups is 1. The zero-order valence-corrected chi connectivity index (χ0v) is 13.0. The number of benzene rings is 2. The van der Waals surface area contributed by atoms with Crippen molar-refractivity contribution in [1.29, 1.82) is 0 Å². The Balaban J connectivity index is 2.04. The van der Waals surface area contributed by atoms with Crippen LogP contribution in [-0.4, -0.2) is 11.1 Å². The van der Waals surface area contributed by atoms with E-state index in [2.05, 4.69) is 21.2 Å². The van der Waals surface area contributed by atoms with Crippen LogP contribution in [0, 0.1) is 5.82 Å². The van der Waals surface area contributed by atoms with Crippen LogP contribution in [0.4, 0.5) is 4.39 Å². The maximum atomic E-state index is 13.2. The van der Waals surface area contributed by atoms with Gasteiger partial charge in [0, 0.05) is 17.1 Å². The van der Waals surface area contributed by atoms with Crippen molar-refractivity contribution in [3.8, 4) is 0 Å². The highest BCUT2D eigenvalue weighted by atomic mass is 79.9. The number of nitrogens with one attached hydrogen (secondary N) is 1. The van der Waals surface area contributed by atoms with E-state index in [1.165, 1.54) is 12.1 Å². The zero-order chi connectivity index (χ0) is 15.4. The number of aromatic carboxylic acids is 1. The minimum absolute atomic E-state index is 0.00764. The molecule has 5 heteroatoms. The van der Waals surface area contributed by atoms with E-state index in [1.807, 2.05) is 13.0 Å². The van der Waals surface area contributed by atoms with Crippen LogP contribution in [0.1, 0.15) is 34.5 Å². The fourth-order valence-electron chi connectivity index (χ4n) is 1.98. The van der Waals surface area contributed by atoms with Crippen LogP contribution in [0.2, 0.25) is 0 Å². The summed E-state index contributed by atoms with van der Waals surface area (Å²) < 4.78 is 13.9. The van der Waals surface area contributed by atoms with E-state index in [0.29, 0.717) is 6.54 Å². The Morgan fingerprint density at radius 1 is 1.33 bits per heavy atom. The molecule has 2 aromatic carbocycles. The van der Waals surface area contributed by atoms with Gasteiger partial charge in [-0.15, -0.1) is 0 Å². The second-order valence-corrected chi connectivity index (χ2v) is 5.62. The van der Waals surface area contributed by atoms with E-state index in [0.717, 1.165) is 15.6 Å². The minimum atomic E-state index is -0.955. The van der Waals surface area contributed by atoms with Crippen molar-refractivity contribution in [2.75, 3.05) is 0 Å². The summed E-state index contributed by atoms with van der Waals surface area (Å²) in [5.41, 5.74) is 2.06. The summed E-state index contributed by atoms with van der Waals surface area (Å²) in [6, 6.07) is 11.4. The molecule has 2 rings (SSSR count). The van der Waals surface area contributed by atoms with E-state index in [9.17, 15) is 9.18 Å². The van der Waals surface area contributed by atoms with Gasteiger partial charge in [0.15, 0.2) is 0 Å². The lowest BCUT2D eigenvalue weighted by Crippen LogP contribution is -2.18. The first kappa shape index (κ1) is 15.7. The smallest absolute Gasteiger partial charge is 0.335 e. The quantitative estimate of drug-likeness (QED) is 0.851. The van der Waals surface area contributed by atoms with Gasteiger partial charge in [0.05, 0.1) is 5.56 Å². The Kier molecular flexibility index (Phi) is 5.09. The summed E-state index contributed by atoms with van der Waals surface area (Å²) in [6.45, 7) is 2.51. The van der Waals surface area contributed by atoms with Crippen molar-refractivity contribution in [3.63, 3.8) is 0 Å². The maximum absolute atomic E-state index is 13.2. The van der Waals surface area contributed by atoms with Crippen molar-refractivity contribution >= 4 is 21.9 Å². The van der Waals surface area contributed by atoms with Gasteiger partial charge in [0.2, 0.25) is 0 Å². The molecule has 21 heavy (non-hydrogen) atoms. The van der Waals surface area contributed by atoms with E-state index in [4.69, 9.17) is 5.11 Å². The van der Waals surface area contributed by atoms with Crippen LogP contribution >= 0.6 is 15.9 Å². The van der Waals surface area contributed by atoms with Crippen molar-refractivity contribution in [1.82, 2.24) is 5.32 Å². The highest BCUT2D eigenvalue weighted by Crippen LogP contribution is 2.20. The third kappa shape index (κ3) is 4.12. The Hall–Kier alpha value is -1.72. The molecule has 0 unspecified atom stereocenters. The molecule has 0 aromatic heterocycles. The van der Waals surface area contributed by atoms with Gasteiger partial charge in [-0.25, -0.2) is 9.18 Å². The first-order valence-electron chi connectivity index (χ1n) is 6.48. The number of carboxylic acid groups (broad SMARTS) is 1. The Labute approximate surface area is 130 Å². The standard InChI is InChI=1S/C16H15BrFNO2/c1-10(11-3-2-4-14(18)7-11)19-9-13-6-5-12(16(20)21)8-15(13)17/h2-8,10,19H,9H2,1H3,(H,20,21)/t10-/m0/s1. The van der Waals surface area contributed by atoms with Gasteiger partial charge >= 0.3 is 5.97 Å². The summed E-state index contributed by atoms with van der Waals surface area (Å²) in [4.78, 5) is 10.9. The van der Waals surface area contributed by atoms with E-state index in [1.54, 1.807) is 24.3 Å². The number of rotatable bonds is 5. The predicted octanol–water partition coefficient (Wildman–Crippen LogP) is 4.14. The van der Waals surface area contributed by atoms with Crippen molar-refractivity contribution in [2.45, 2.75) is 19.5 Å². The highest BCUT2D eigenvalue weighted by molar-refractivity contribution is 9.10. The molecule has 2 aromatic rings. The molecule has 0 amide bonds. The first-order valence-corrected chi connectivity index (χ1v) is 7.27. The van der Waals surface area contributed by atoms with Gasteiger partial charge in [0.1, 0.15) is 5.82 Å². The molecule has 0 aliphatic heterocycles. The molecule has 0 spiro atoms. The molecule has 110 valence electrons. The molecule has 0 saturated heterocycles. The lowest BCUT2D eigenvalue weighted by atomic mass is 10.1. The molecular weight excluding hydrogens is 337 g/mol. The fourth-order valence-corrected chi connectivity index (χ4v) is 2.50. The summed E-state index contributed by atoms with van der Waals surface area (Å²) >= 11 is 3.37. The van der Waals surface area contributed by atoms with Crippen molar-refractivity contribution in [3.05, 3.63) is 69.4 Å². The molecule has 0 aliphatic carbocycles. The first-order chi connectivity index (χ1) is 9.97. The summed E-state index contributed by atoms with van der Waals surface area (Å²) in [7, 11) is 0. The molecule has 0 aliphatic rings. The fraction of sp³-hybridized carbons (Fsp3) is 0.188. The number of hydrogen-bond acceptors (Lipinski definition) is 2. The lowest BCUT2D eigenvalue weighted by Gasteiger charge is -2.15. The van der Waals surface area contributed by atoms with Crippen LogP contribution in [0.5, 0.6) is 0 Å². The Bertz CT molecular complexity index is 660. The van der Waals surface area contributed by atoms with Crippen LogP contribution < -0.4 is 5.32 Å². The Morgan fingerprint density at radius 3 is 2.71 bits per heavy atom. The average molecular weight is 352 g/mol. The molecule has 0 saturated carbocycles. The van der Waals surface area contributed by atoms with E-state index in [-0.39, 0.29) is 17.4 Å². The van der Waals surface area contributed by atoms with Crippen molar-refractivity contribution in [2.24, 2.45) is 0 Å². The second kappa shape index (κ2) is 6.83. The minimum Gasteiger partial charge on any atom is -0.478 e. The number of carboxylic acids is 1. The topological polar surface area (TPSA) is 49.3 Å².